The predicted molar refractivity (Wildman–Crippen MR) is 66.2 cm³/mol. The van der Waals surface area contributed by atoms with Gasteiger partial charge in [0.25, 0.3) is 0 Å². The van der Waals surface area contributed by atoms with Gasteiger partial charge in [0.05, 0.1) is 5.56 Å². The number of esters is 1. The number of ether oxygens (including phenoxy) is 1. The maximum atomic E-state index is 11.8. The van der Waals surface area contributed by atoms with Gasteiger partial charge in [0.2, 0.25) is 0 Å². The number of nitrogen functional groups attached to an aromatic ring is 1. The molecule has 1 fully saturated rings. The summed E-state index contributed by atoms with van der Waals surface area (Å²) in [7, 11) is 0. The molecule has 1 aromatic rings. The van der Waals surface area contributed by atoms with Crippen LogP contribution in [0, 0.1) is 0 Å². The standard InChI is InChI=1S/C12H14BrNO2/c13-10-6-5-8(7-11(10)14)12(15)16-9-3-1-2-4-9/h5-7,9H,1-4,14H2. The van der Waals surface area contributed by atoms with Crippen LogP contribution in [0.3, 0.4) is 0 Å². The van der Waals surface area contributed by atoms with Crippen LogP contribution in [0.15, 0.2) is 22.7 Å². The van der Waals surface area contributed by atoms with E-state index < -0.39 is 0 Å². The Morgan fingerprint density at radius 2 is 2.06 bits per heavy atom. The first-order chi connectivity index (χ1) is 7.66. The topological polar surface area (TPSA) is 52.3 Å². The second-order valence-corrected chi connectivity index (χ2v) is 4.90. The molecule has 4 heteroatoms. The molecular formula is C12H14BrNO2. The van der Waals surface area contributed by atoms with Gasteiger partial charge in [0.1, 0.15) is 6.10 Å². The van der Waals surface area contributed by atoms with Crippen molar-refractivity contribution in [2.24, 2.45) is 0 Å². The molecule has 1 aliphatic rings. The summed E-state index contributed by atoms with van der Waals surface area (Å²) >= 11 is 3.29. The van der Waals surface area contributed by atoms with Gasteiger partial charge < -0.3 is 10.5 Å². The fraction of sp³-hybridized carbons (Fsp3) is 0.417. The molecule has 2 rings (SSSR count). The molecule has 0 aromatic heterocycles. The first-order valence-corrected chi connectivity index (χ1v) is 6.22. The maximum Gasteiger partial charge on any atom is 0.338 e. The summed E-state index contributed by atoms with van der Waals surface area (Å²) in [5.41, 5.74) is 6.79. The van der Waals surface area contributed by atoms with E-state index in [9.17, 15) is 4.79 Å². The van der Waals surface area contributed by atoms with Crippen molar-refractivity contribution in [2.45, 2.75) is 31.8 Å². The van der Waals surface area contributed by atoms with Gasteiger partial charge in [-0.15, -0.1) is 0 Å². The van der Waals surface area contributed by atoms with Crippen LogP contribution in [0.1, 0.15) is 36.0 Å². The van der Waals surface area contributed by atoms with E-state index in [-0.39, 0.29) is 12.1 Å². The number of hydrogen-bond acceptors (Lipinski definition) is 3. The van der Waals surface area contributed by atoms with Gasteiger partial charge in [-0.25, -0.2) is 4.79 Å². The summed E-state index contributed by atoms with van der Waals surface area (Å²) in [6, 6.07) is 5.12. The van der Waals surface area contributed by atoms with E-state index in [0.717, 1.165) is 30.2 Å². The fourth-order valence-corrected chi connectivity index (χ4v) is 2.14. The van der Waals surface area contributed by atoms with Crippen molar-refractivity contribution < 1.29 is 9.53 Å². The first kappa shape index (κ1) is 11.5. The van der Waals surface area contributed by atoms with Gasteiger partial charge in [-0.3, -0.25) is 0 Å². The monoisotopic (exact) mass is 283 g/mol. The Bertz CT molecular complexity index is 400. The number of nitrogens with two attached hydrogens (primary N) is 1. The lowest BCUT2D eigenvalue weighted by Crippen LogP contribution is -2.14. The third-order valence-electron chi connectivity index (χ3n) is 2.81. The van der Waals surface area contributed by atoms with Crippen molar-refractivity contribution in [2.75, 3.05) is 5.73 Å². The molecule has 0 atom stereocenters. The molecule has 16 heavy (non-hydrogen) atoms. The lowest BCUT2D eigenvalue weighted by atomic mass is 10.2. The summed E-state index contributed by atoms with van der Waals surface area (Å²) in [6.07, 6.45) is 4.37. The molecule has 0 heterocycles. The molecule has 2 N–H and O–H groups in total. The minimum atomic E-state index is -0.272. The minimum absolute atomic E-state index is 0.0948. The zero-order chi connectivity index (χ0) is 11.5. The van der Waals surface area contributed by atoms with Crippen LogP contribution in [-0.4, -0.2) is 12.1 Å². The predicted octanol–water partition coefficient (Wildman–Crippen LogP) is 3.13. The average Bonchev–Trinajstić information content (AvgIpc) is 2.74. The number of hydrogen-bond donors (Lipinski definition) is 1. The van der Waals surface area contributed by atoms with Gasteiger partial charge in [-0.2, -0.15) is 0 Å². The van der Waals surface area contributed by atoms with Gasteiger partial charge in [0.15, 0.2) is 0 Å². The van der Waals surface area contributed by atoms with Gasteiger partial charge in [-0.1, -0.05) is 0 Å². The van der Waals surface area contributed by atoms with Crippen molar-refractivity contribution in [3.8, 4) is 0 Å². The second kappa shape index (κ2) is 4.87. The van der Waals surface area contributed by atoms with Crippen LogP contribution in [0.5, 0.6) is 0 Å². The van der Waals surface area contributed by atoms with E-state index in [1.54, 1.807) is 18.2 Å². The Balaban J connectivity index is 2.05. The number of carbonyl (C=O) groups excluding carboxylic acids is 1. The Kier molecular flexibility index (Phi) is 3.49. The highest BCUT2D eigenvalue weighted by Gasteiger charge is 2.20. The number of rotatable bonds is 2. The van der Waals surface area contributed by atoms with Gasteiger partial charge >= 0.3 is 5.97 Å². The van der Waals surface area contributed by atoms with Crippen molar-refractivity contribution in [3.63, 3.8) is 0 Å². The van der Waals surface area contributed by atoms with E-state index in [2.05, 4.69) is 15.9 Å². The maximum absolute atomic E-state index is 11.8. The number of anilines is 1. The zero-order valence-electron chi connectivity index (χ0n) is 8.91. The Hall–Kier alpha value is -1.03. The minimum Gasteiger partial charge on any atom is -0.459 e. The molecular weight excluding hydrogens is 270 g/mol. The molecule has 1 aliphatic carbocycles. The average molecular weight is 284 g/mol. The van der Waals surface area contributed by atoms with Crippen molar-refractivity contribution in [3.05, 3.63) is 28.2 Å². The molecule has 0 amide bonds. The van der Waals surface area contributed by atoms with Crippen LogP contribution < -0.4 is 5.73 Å². The molecule has 0 bridgehead atoms. The highest BCUT2D eigenvalue weighted by Crippen LogP contribution is 2.24. The molecule has 3 nitrogen and oxygen atoms in total. The molecule has 86 valence electrons. The number of halogens is 1. The Morgan fingerprint density at radius 1 is 1.38 bits per heavy atom. The lowest BCUT2D eigenvalue weighted by molar-refractivity contribution is 0.0318. The third-order valence-corrected chi connectivity index (χ3v) is 3.53. The molecule has 0 spiro atoms. The summed E-state index contributed by atoms with van der Waals surface area (Å²) in [5, 5.41) is 0. The van der Waals surface area contributed by atoms with E-state index in [1.165, 1.54) is 0 Å². The first-order valence-electron chi connectivity index (χ1n) is 5.43. The van der Waals surface area contributed by atoms with Crippen LogP contribution in [0.25, 0.3) is 0 Å². The molecule has 0 unspecified atom stereocenters. The Morgan fingerprint density at radius 3 is 2.69 bits per heavy atom. The molecule has 1 saturated carbocycles. The molecule has 0 radical (unpaired) electrons. The number of carbonyl (C=O) groups is 1. The lowest BCUT2D eigenvalue weighted by Gasteiger charge is -2.11. The SMILES string of the molecule is Nc1cc(C(=O)OC2CCCC2)ccc1Br. The normalized spacial score (nSPS) is 16.3. The van der Waals surface area contributed by atoms with Crippen molar-refractivity contribution in [1.29, 1.82) is 0 Å². The van der Waals surface area contributed by atoms with Crippen LogP contribution >= 0.6 is 15.9 Å². The third kappa shape index (κ3) is 2.55. The molecule has 0 aliphatic heterocycles. The largest absolute Gasteiger partial charge is 0.459 e. The van der Waals surface area contributed by atoms with Crippen molar-refractivity contribution >= 4 is 27.6 Å². The fourth-order valence-electron chi connectivity index (χ4n) is 1.90. The Labute approximate surface area is 103 Å². The summed E-state index contributed by atoms with van der Waals surface area (Å²) in [5.74, 6) is -0.272. The van der Waals surface area contributed by atoms with Crippen LogP contribution in [0.2, 0.25) is 0 Å². The van der Waals surface area contributed by atoms with E-state index in [0.29, 0.717) is 11.3 Å². The van der Waals surface area contributed by atoms with E-state index in [1.807, 2.05) is 0 Å². The number of benzene rings is 1. The highest BCUT2D eigenvalue weighted by atomic mass is 79.9. The molecule has 0 saturated heterocycles. The van der Waals surface area contributed by atoms with Crippen molar-refractivity contribution in [1.82, 2.24) is 0 Å². The van der Waals surface area contributed by atoms with Crippen LogP contribution in [-0.2, 0) is 4.74 Å². The zero-order valence-corrected chi connectivity index (χ0v) is 10.5. The van der Waals surface area contributed by atoms with E-state index in [4.69, 9.17) is 10.5 Å². The van der Waals surface area contributed by atoms with Gasteiger partial charge in [-0.05, 0) is 59.8 Å². The summed E-state index contributed by atoms with van der Waals surface area (Å²) in [4.78, 5) is 11.8. The summed E-state index contributed by atoms with van der Waals surface area (Å²) < 4.78 is 6.18. The van der Waals surface area contributed by atoms with Gasteiger partial charge in [0, 0.05) is 10.2 Å². The van der Waals surface area contributed by atoms with Crippen LogP contribution in [0.4, 0.5) is 5.69 Å². The highest BCUT2D eigenvalue weighted by molar-refractivity contribution is 9.10. The molecule has 1 aromatic carbocycles. The van der Waals surface area contributed by atoms with E-state index >= 15 is 0 Å². The summed E-state index contributed by atoms with van der Waals surface area (Å²) in [6.45, 7) is 0. The quantitative estimate of drug-likeness (QED) is 0.670. The second-order valence-electron chi connectivity index (χ2n) is 4.05. The smallest absolute Gasteiger partial charge is 0.338 e.